The van der Waals surface area contributed by atoms with Crippen LogP contribution in [0.2, 0.25) is 0 Å². The molecule has 0 bridgehead atoms. The Hall–Kier alpha value is -3.14. The summed E-state index contributed by atoms with van der Waals surface area (Å²) in [6.07, 6.45) is 2.37. The van der Waals surface area contributed by atoms with Gasteiger partial charge in [-0.05, 0) is 36.2 Å². The van der Waals surface area contributed by atoms with Gasteiger partial charge in [0.2, 0.25) is 5.91 Å². The first-order valence-corrected chi connectivity index (χ1v) is 11.7. The van der Waals surface area contributed by atoms with Crippen LogP contribution in [0, 0.1) is 5.82 Å². The van der Waals surface area contributed by atoms with Crippen LogP contribution in [-0.4, -0.2) is 68.9 Å². The highest BCUT2D eigenvalue weighted by Crippen LogP contribution is 2.27. The number of carbonyl (C=O) groups excluding carboxylic acids is 1. The number of morpholine rings is 1. The van der Waals surface area contributed by atoms with Crippen LogP contribution in [0.25, 0.3) is 22.0 Å². The molecule has 36 heavy (non-hydrogen) atoms. The maximum absolute atomic E-state index is 14.6. The van der Waals surface area contributed by atoms with E-state index in [0.717, 1.165) is 32.8 Å². The van der Waals surface area contributed by atoms with E-state index in [2.05, 4.69) is 15.2 Å². The Balaban J connectivity index is 0.00000361. The summed E-state index contributed by atoms with van der Waals surface area (Å²) in [6, 6.07) is 9.70. The Morgan fingerprint density at radius 1 is 1.17 bits per heavy atom. The van der Waals surface area contributed by atoms with E-state index in [-0.39, 0.29) is 30.3 Å². The van der Waals surface area contributed by atoms with Crippen LogP contribution in [0.5, 0.6) is 11.5 Å². The van der Waals surface area contributed by atoms with E-state index in [0.29, 0.717) is 47.5 Å². The number of hydrogen-bond donors (Lipinski definition) is 2. The number of methoxy groups -OCH3 is 1. The first kappa shape index (κ1) is 27.4. The number of hydrogen-bond acceptors (Lipinski definition) is 6. The Morgan fingerprint density at radius 2 is 1.92 bits per heavy atom. The summed E-state index contributed by atoms with van der Waals surface area (Å²) >= 11 is 0. The number of nitrogens with zero attached hydrogens (tertiary/aromatic N) is 1. The average molecular weight is 520 g/mol. The van der Waals surface area contributed by atoms with E-state index in [9.17, 15) is 14.0 Å². The minimum atomic E-state index is -0.622. The molecule has 1 aliphatic heterocycles. The maximum atomic E-state index is 14.6. The van der Waals surface area contributed by atoms with Crippen molar-refractivity contribution in [3.05, 3.63) is 58.6 Å². The summed E-state index contributed by atoms with van der Waals surface area (Å²) in [7, 11) is 1.56. The second-order valence-corrected chi connectivity index (χ2v) is 8.31. The van der Waals surface area contributed by atoms with Gasteiger partial charge in [-0.15, -0.1) is 12.4 Å². The number of amides is 1. The van der Waals surface area contributed by atoms with Gasteiger partial charge >= 0.3 is 0 Å². The lowest BCUT2D eigenvalue weighted by atomic mass is 10.0. The monoisotopic (exact) mass is 519 g/mol. The smallest absolute Gasteiger partial charge is 0.220 e. The number of pyridine rings is 1. The van der Waals surface area contributed by atoms with Crippen molar-refractivity contribution in [2.24, 2.45) is 0 Å². The van der Waals surface area contributed by atoms with E-state index in [4.69, 9.17) is 14.2 Å². The molecule has 0 spiro atoms. The van der Waals surface area contributed by atoms with Gasteiger partial charge in [-0.2, -0.15) is 0 Å². The van der Waals surface area contributed by atoms with Crippen molar-refractivity contribution in [3.63, 3.8) is 0 Å². The summed E-state index contributed by atoms with van der Waals surface area (Å²) < 4.78 is 30.9. The Kier molecular flexibility index (Phi) is 10.1. The van der Waals surface area contributed by atoms with Crippen LogP contribution in [0.4, 0.5) is 4.39 Å². The normalized spacial score (nSPS) is 13.7. The van der Waals surface area contributed by atoms with E-state index in [1.807, 2.05) is 0 Å². The molecule has 2 N–H and O–H groups in total. The third-order valence-corrected chi connectivity index (χ3v) is 6.01. The van der Waals surface area contributed by atoms with Crippen LogP contribution in [0.3, 0.4) is 0 Å². The summed E-state index contributed by atoms with van der Waals surface area (Å²) in [5, 5.41) is 2.86. The number of nitrogens with one attached hydrogen (secondary N) is 2. The number of halogens is 2. The van der Waals surface area contributed by atoms with E-state index < -0.39 is 11.2 Å². The van der Waals surface area contributed by atoms with Crippen LogP contribution in [0.15, 0.2) is 47.4 Å². The summed E-state index contributed by atoms with van der Waals surface area (Å²) in [4.78, 5) is 30.4. The average Bonchev–Trinajstić information content (AvgIpc) is 2.88. The third kappa shape index (κ3) is 6.75. The van der Waals surface area contributed by atoms with Gasteiger partial charge in [0.1, 0.15) is 17.3 Å². The number of fused-ring (bicyclic) bond motifs is 1. The van der Waals surface area contributed by atoms with Crippen LogP contribution in [-0.2, 0) is 9.53 Å². The van der Waals surface area contributed by atoms with Gasteiger partial charge in [0.15, 0.2) is 5.43 Å². The highest BCUT2D eigenvalue weighted by atomic mass is 35.5. The van der Waals surface area contributed by atoms with Crippen molar-refractivity contribution in [1.82, 2.24) is 15.2 Å². The quantitative estimate of drug-likeness (QED) is 0.399. The molecular formula is C26H31ClFN3O5. The predicted molar refractivity (Wildman–Crippen MR) is 139 cm³/mol. The lowest BCUT2D eigenvalue weighted by Crippen LogP contribution is -2.41. The fourth-order valence-corrected chi connectivity index (χ4v) is 4.05. The second-order valence-electron chi connectivity index (χ2n) is 8.31. The molecule has 0 atom stereocenters. The van der Waals surface area contributed by atoms with Crippen molar-refractivity contribution in [1.29, 1.82) is 0 Å². The second kappa shape index (κ2) is 13.2. The number of carbonyl (C=O) groups is 1. The van der Waals surface area contributed by atoms with Crippen molar-refractivity contribution in [2.75, 3.05) is 53.1 Å². The largest absolute Gasteiger partial charge is 0.497 e. The highest BCUT2D eigenvalue weighted by molar-refractivity contribution is 5.88. The fourth-order valence-electron chi connectivity index (χ4n) is 4.05. The SMILES string of the molecule is COc1ccc(-c2c[nH]c3c(OCCCC(=O)NCCN4CCOCC4)ccc(F)c3c2=O)cc1.Cl. The molecule has 1 aliphatic rings. The summed E-state index contributed by atoms with van der Waals surface area (Å²) in [6.45, 7) is 4.91. The molecule has 2 heterocycles. The molecule has 3 aromatic rings. The lowest BCUT2D eigenvalue weighted by molar-refractivity contribution is -0.121. The molecule has 0 unspecified atom stereocenters. The molecule has 1 saturated heterocycles. The zero-order valence-electron chi connectivity index (χ0n) is 20.2. The van der Waals surface area contributed by atoms with E-state index in [1.54, 1.807) is 37.6 Å². The number of aromatic amines is 1. The fraction of sp³-hybridized carbons (Fsp3) is 0.385. The van der Waals surface area contributed by atoms with Gasteiger partial charge in [0.05, 0.1) is 37.8 Å². The first-order valence-electron chi connectivity index (χ1n) is 11.7. The minimum absolute atomic E-state index is 0. The molecule has 194 valence electrons. The number of ether oxygens (including phenoxy) is 3. The summed E-state index contributed by atoms with van der Waals surface area (Å²) in [5.74, 6) is 0.373. The molecule has 1 amide bonds. The lowest BCUT2D eigenvalue weighted by Gasteiger charge is -2.26. The Morgan fingerprint density at radius 3 is 2.64 bits per heavy atom. The van der Waals surface area contributed by atoms with Gasteiger partial charge < -0.3 is 24.5 Å². The molecule has 8 nitrogen and oxygen atoms in total. The predicted octanol–water partition coefficient (Wildman–Crippen LogP) is 3.37. The molecule has 2 aromatic carbocycles. The van der Waals surface area contributed by atoms with E-state index in [1.165, 1.54) is 12.1 Å². The Labute approximate surface area is 215 Å². The molecule has 4 rings (SSSR count). The van der Waals surface area contributed by atoms with Crippen molar-refractivity contribution >= 4 is 29.2 Å². The molecule has 10 heteroatoms. The standard InChI is InChI=1S/C26H30FN3O5.ClH/c1-33-19-6-4-18(5-7-19)20-17-29-25-22(9-8-21(27)24(25)26(20)32)35-14-2-3-23(31)28-10-11-30-12-15-34-16-13-30;/h4-9,17H,2-3,10-16H2,1H3,(H,28,31)(H,29,32);1H. The van der Waals surface area contributed by atoms with E-state index >= 15 is 0 Å². The maximum Gasteiger partial charge on any atom is 0.220 e. The first-order chi connectivity index (χ1) is 17.1. The molecule has 1 fully saturated rings. The third-order valence-electron chi connectivity index (χ3n) is 6.01. The molecule has 0 aliphatic carbocycles. The highest BCUT2D eigenvalue weighted by Gasteiger charge is 2.15. The van der Waals surface area contributed by atoms with Crippen molar-refractivity contribution in [2.45, 2.75) is 12.8 Å². The van der Waals surface area contributed by atoms with Gasteiger partial charge in [0, 0.05) is 44.4 Å². The van der Waals surface area contributed by atoms with Gasteiger partial charge in [-0.3, -0.25) is 14.5 Å². The number of benzene rings is 2. The summed E-state index contributed by atoms with van der Waals surface area (Å²) in [5.41, 5.74) is 0.873. The van der Waals surface area contributed by atoms with Gasteiger partial charge in [0.25, 0.3) is 0 Å². The van der Waals surface area contributed by atoms with Crippen LogP contribution in [0.1, 0.15) is 12.8 Å². The molecular weight excluding hydrogens is 489 g/mol. The number of rotatable bonds is 10. The molecule has 0 radical (unpaired) electrons. The molecule has 1 aromatic heterocycles. The Bertz CT molecular complexity index is 1210. The molecule has 0 saturated carbocycles. The zero-order valence-corrected chi connectivity index (χ0v) is 21.0. The van der Waals surface area contributed by atoms with Crippen molar-refractivity contribution < 1.29 is 23.4 Å². The van der Waals surface area contributed by atoms with Crippen LogP contribution >= 0.6 is 12.4 Å². The zero-order chi connectivity index (χ0) is 24.6. The minimum Gasteiger partial charge on any atom is -0.497 e. The number of H-pyrrole nitrogens is 1. The van der Waals surface area contributed by atoms with Crippen LogP contribution < -0.4 is 20.2 Å². The van der Waals surface area contributed by atoms with Gasteiger partial charge in [-0.25, -0.2) is 4.39 Å². The topological polar surface area (TPSA) is 92.9 Å². The van der Waals surface area contributed by atoms with Crippen molar-refractivity contribution in [3.8, 4) is 22.6 Å². The number of aromatic nitrogens is 1. The van der Waals surface area contributed by atoms with Gasteiger partial charge in [-0.1, -0.05) is 12.1 Å².